The molecule has 4 rings (SSSR count). The average molecular weight is 370 g/mol. The SMILES string of the molecule is Cc1cc(C)cc(-c2sc(C)nc2C(=O)N2[C@H](CN)C[C@@H]3CCC[C@@H]32)c1. The second kappa shape index (κ2) is 6.78. The van der Waals surface area contributed by atoms with Crippen LogP contribution in [0.3, 0.4) is 0 Å². The van der Waals surface area contributed by atoms with Gasteiger partial charge in [-0.3, -0.25) is 4.79 Å². The lowest BCUT2D eigenvalue weighted by molar-refractivity contribution is 0.0660. The van der Waals surface area contributed by atoms with Crippen molar-refractivity contribution in [1.82, 2.24) is 9.88 Å². The van der Waals surface area contributed by atoms with Crippen molar-refractivity contribution in [2.45, 2.75) is 58.5 Å². The van der Waals surface area contributed by atoms with Crippen LogP contribution in [0.15, 0.2) is 18.2 Å². The monoisotopic (exact) mass is 369 g/mol. The Morgan fingerprint density at radius 2 is 1.96 bits per heavy atom. The van der Waals surface area contributed by atoms with Gasteiger partial charge in [-0.05, 0) is 51.5 Å². The highest BCUT2D eigenvalue weighted by Gasteiger charge is 2.46. The zero-order valence-corrected chi connectivity index (χ0v) is 16.6. The summed E-state index contributed by atoms with van der Waals surface area (Å²) in [5, 5.41) is 0.939. The topological polar surface area (TPSA) is 59.2 Å². The van der Waals surface area contributed by atoms with Gasteiger partial charge in [-0.25, -0.2) is 4.98 Å². The number of hydrogen-bond acceptors (Lipinski definition) is 4. The van der Waals surface area contributed by atoms with Crippen molar-refractivity contribution in [2.75, 3.05) is 6.54 Å². The predicted octanol–water partition coefficient (Wildman–Crippen LogP) is 4.08. The van der Waals surface area contributed by atoms with Crippen LogP contribution in [-0.2, 0) is 0 Å². The Labute approximate surface area is 159 Å². The van der Waals surface area contributed by atoms with Crippen LogP contribution >= 0.6 is 11.3 Å². The highest BCUT2D eigenvalue weighted by atomic mass is 32.1. The Balaban J connectivity index is 1.75. The van der Waals surface area contributed by atoms with E-state index < -0.39 is 0 Å². The molecule has 2 heterocycles. The van der Waals surface area contributed by atoms with Crippen LogP contribution in [0.25, 0.3) is 10.4 Å². The van der Waals surface area contributed by atoms with E-state index in [9.17, 15) is 4.79 Å². The summed E-state index contributed by atoms with van der Waals surface area (Å²) >= 11 is 1.62. The van der Waals surface area contributed by atoms with Crippen molar-refractivity contribution in [3.8, 4) is 10.4 Å². The second-order valence-corrected chi connectivity index (χ2v) is 9.09. The van der Waals surface area contributed by atoms with Crippen LogP contribution in [0.1, 0.15) is 52.3 Å². The molecule has 4 nitrogen and oxygen atoms in total. The molecule has 2 aliphatic rings. The highest BCUT2D eigenvalue weighted by Crippen LogP contribution is 2.42. The van der Waals surface area contributed by atoms with Gasteiger partial charge in [-0.1, -0.05) is 35.7 Å². The number of fused-ring (bicyclic) bond motifs is 1. The standard InChI is InChI=1S/C21H27N3OS/c1-12-7-13(2)9-16(8-12)20-19(23-14(3)26-20)21(25)24-17(11-22)10-15-5-4-6-18(15)24/h7-9,15,17-18H,4-6,10-11,22H2,1-3H3/t15-,17-,18-/m0/s1. The Morgan fingerprint density at radius 3 is 2.65 bits per heavy atom. The number of hydrogen-bond donors (Lipinski definition) is 1. The van der Waals surface area contributed by atoms with Gasteiger partial charge in [-0.2, -0.15) is 0 Å². The minimum absolute atomic E-state index is 0.0772. The number of carbonyl (C=O) groups is 1. The van der Waals surface area contributed by atoms with Crippen molar-refractivity contribution >= 4 is 17.2 Å². The number of thiazole rings is 1. The molecule has 1 saturated carbocycles. The fourth-order valence-electron chi connectivity index (χ4n) is 4.91. The van der Waals surface area contributed by atoms with Gasteiger partial charge in [-0.15, -0.1) is 11.3 Å². The van der Waals surface area contributed by atoms with Gasteiger partial charge < -0.3 is 10.6 Å². The molecule has 1 saturated heterocycles. The molecule has 0 spiro atoms. The second-order valence-electron chi connectivity index (χ2n) is 7.88. The normalized spacial score (nSPS) is 24.9. The molecule has 138 valence electrons. The third-order valence-corrected chi connectivity index (χ3v) is 6.89. The number of likely N-dealkylation sites (tertiary alicyclic amines) is 1. The maximum absolute atomic E-state index is 13.6. The summed E-state index contributed by atoms with van der Waals surface area (Å²) in [5.41, 5.74) is 10.2. The first-order valence-corrected chi connectivity index (χ1v) is 10.4. The number of aryl methyl sites for hydroxylation is 3. The molecule has 0 radical (unpaired) electrons. The van der Waals surface area contributed by atoms with Crippen molar-refractivity contribution in [3.63, 3.8) is 0 Å². The van der Waals surface area contributed by atoms with Crippen LogP contribution in [0.4, 0.5) is 0 Å². The fourth-order valence-corrected chi connectivity index (χ4v) is 5.81. The minimum Gasteiger partial charge on any atom is -0.330 e. The molecule has 1 aliphatic heterocycles. The maximum atomic E-state index is 13.6. The quantitative estimate of drug-likeness (QED) is 0.887. The van der Waals surface area contributed by atoms with Crippen molar-refractivity contribution in [1.29, 1.82) is 0 Å². The van der Waals surface area contributed by atoms with Crippen LogP contribution in [0.2, 0.25) is 0 Å². The predicted molar refractivity (Wildman–Crippen MR) is 107 cm³/mol. The first-order chi connectivity index (χ1) is 12.5. The summed E-state index contributed by atoms with van der Waals surface area (Å²) in [6.45, 7) is 6.72. The van der Waals surface area contributed by atoms with E-state index >= 15 is 0 Å². The molecule has 1 aliphatic carbocycles. The molecule has 26 heavy (non-hydrogen) atoms. The Morgan fingerprint density at radius 1 is 1.23 bits per heavy atom. The summed E-state index contributed by atoms with van der Waals surface area (Å²) < 4.78 is 0. The Bertz CT molecular complexity index is 824. The molecule has 1 amide bonds. The number of rotatable bonds is 3. The van der Waals surface area contributed by atoms with E-state index in [2.05, 4.69) is 41.9 Å². The van der Waals surface area contributed by atoms with Gasteiger partial charge >= 0.3 is 0 Å². The summed E-state index contributed by atoms with van der Waals surface area (Å²) in [4.78, 5) is 21.3. The lowest BCUT2D eigenvalue weighted by Gasteiger charge is -2.29. The fraction of sp³-hybridized carbons (Fsp3) is 0.524. The summed E-state index contributed by atoms with van der Waals surface area (Å²) in [5.74, 6) is 0.699. The van der Waals surface area contributed by atoms with Gasteiger partial charge in [0, 0.05) is 18.6 Å². The van der Waals surface area contributed by atoms with E-state index in [-0.39, 0.29) is 11.9 Å². The van der Waals surface area contributed by atoms with E-state index in [0.29, 0.717) is 24.2 Å². The minimum atomic E-state index is 0.0772. The zero-order valence-electron chi connectivity index (χ0n) is 15.8. The number of nitrogens with zero attached hydrogens (tertiary/aromatic N) is 2. The van der Waals surface area contributed by atoms with Gasteiger partial charge in [0.25, 0.3) is 5.91 Å². The molecule has 3 atom stereocenters. The van der Waals surface area contributed by atoms with Crippen molar-refractivity contribution in [2.24, 2.45) is 11.7 Å². The lowest BCUT2D eigenvalue weighted by atomic mass is 10.0. The maximum Gasteiger partial charge on any atom is 0.274 e. The lowest BCUT2D eigenvalue weighted by Crippen LogP contribution is -2.44. The summed E-state index contributed by atoms with van der Waals surface area (Å²) in [6, 6.07) is 6.98. The number of benzene rings is 1. The number of aromatic nitrogens is 1. The summed E-state index contributed by atoms with van der Waals surface area (Å²) in [6.07, 6.45) is 4.60. The molecule has 0 unspecified atom stereocenters. The Hall–Kier alpha value is -1.72. The largest absolute Gasteiger partial charge is 0.330 e. The van der Waals surface area contributed by atoms with Crippen molar-refractivity contribution < 1.29 is 4.79 Å². The highest BCUT2D eigenvalue weighted by molar-refractivity contribution is 7.15. The molecule has 1 aromatic heterocycles. The molecule has 2 N–H and O–H groups in total. The molecular weight excluding hydrogens is 342 g/mol. The number of amides is 1. The summed E-state index contributed by atoms with van der Waals surface area (Å²) in [7, 11) is 0. The van der Waals surface area contributed by atoms with Crippen molar-refractivity contribution in [3.05, 3.63) is 40.0 Å². The molecular formula is C21H27N3OS. The first-order valence-electron chi connectivity index (χ1n) is 9.56. The molecule has 2 aromatic rings. The molecule has 1 aromatic carbocycles. The Kier molecular flexibility index (Phi) is 4.61. The van der Waals surface area contributed by atoms with Gasteiger partial charge in [0.2, 0.25) is 0 Å². The number of carbonyl (C=O) groups excluding carboxylic acids is 1. The van der Waals surface area contributed by atoms with E-state index in [1.807, 2.05) is 6.92 Å². The van der Waals surface area contributed by atoms with E-state index in [4.69, 9.17) is 5.73 Å². The van der Waals surface area contributed by atoms with Crippen LogP contribution in [0.5, 0.6) is 0 Å². The van der Waals surface area contributed by atoms with Crippen LogP contribution in [0, 0.1) is 26.7 Å². The third-order valence-electron chi connectivity index (χ3n) is 5.87. The van der Waals surface area contributed by atoms with Crippen LogP contribution < -0.4 is 5.73 Å². The van der Waals surface area contributed by atoms with Gasteiger partial charge in [0.1, 0.15) is 5.69 Å². The smallest absolute Gasteiger partial charge is 0.274 e. The van der Waals surface area contributed by atoms with Crippen LogP contribution in [-0.4, -0.2) is 34.4 Å². The van der Waals surface area contributed by atoms with Gasteiger partial charge in [0.05, 0.1) is 9.88 Å². The van der Waals surface area contributed by atoms with E-state index in [0.717, 1.165) is 28.3 Å². The molecule has 2 fully saturated rings. The van der Waals surface area contributed by atoms with E-state index in [1.54, 1.807) is 11.3 Å². The first kappa shape index (κ1) is 17.7. The molecule has 0 bridgehead atoms. The van der Waals surface area contributed by atoms with Gasteiger partial charge in [0.15, 0.2) is 0 Å². The van der Waals surface area contributed by atoms with E-state index in [1.165, 1.54) is 24.0 Å². The third kappa shape index (κ3) is 2.97. The number of nitrogens with two attached hydrogens (primary N) is 1. The molecule has 5 heteroatoms. The average Bonchev–Trinajstić information content (AvgIpc) is 3.26. The zero-order chi connectivity index (χ0) is 18.4.